The molecule has 0 radical (unpaired) electrons. The zero-order valence-corrected chi connectivity index (χ0v) is 10.8. The van der Waals surface area contributed by atoms with Crippen molar-refractivity contribution in [2.75, 3.05) is 0 Å². The Bertz CT molecular complexity index is 207. The summed E-state index contributed by atoms with van der Waals surface area (Å²) in [5, 5.41) is 1.08. The van der Waals surface area contributed by atoms with Crippen LogP contribution < -0.4 is 51.4 Å². The van der Waals surface area contributed by atoms with Crippen LogP contribution in [-0.4, -0.2) is 0 Å². The van der Waals surface area contributed by atoms with Crippen molar-refractivity contribution >= 4 is 35.8 Å². The maximum atomic E-state index is 5.63. The summed E-state index contributed by atoms with van der Waals surface area (Å²) in [6, 6.07) is 5.20. The summed E-state index contributed by atoms with van der Waals surface area (Å²) in [5.74, 6) is 0. The third kappa shape index (κ3) is 2.95. The Balaban J connectivity index is 0.000000810. The van der Waals surface area contributed by atoms with Gasteiger partial charge in [0.05, 0.1) is 0 Å². The molecule has 0 aliphatic heterocycles. The number of rotatable bonds is 0. The van der Waals surface area contributed by atoms with Crippen LogP contribution in [0.15, 0.2) is 23.1 Å². The van der Waals surface area contributed by atoms with Crippen LogP contribution in [0.4, 0.5) is 0 Å². The maximum absolute atomic E-state index is 5.63. The average molecular weight is 217 g/mol. The fourth-order valence-corrected chi connectivity index (χ4v) is 1.02. The molecule has 48 valence electrons. The molecular formula is C6H3Cl2KS. The minimum Gasteiger partial charge on any atom is -0.777 e. The van der Waals surface area contributed by atoms with Gasteiger partial charge in [-0.1, -0.05) is 29.3 Å². The molecule has 0 bridgehead atoms. The third-order valence-corrected chi connectivity index (χ3v) is 2.21. The van der Waals surface area contributed by atoms with E-state index in [-0.39, 0.29) is 51.4 Å². The van der Waals surface area contributed by atoms with Gasteiger partial charge in [-0.25, -0.2) is 0 Å². The van der Waals surface area contributed by atoms with E-state index in [1.807, 2.05) is 0 Å². The number of hydrogen-bond donors (Lipinski definition) is 0. The summed E-state index contributed by atoms with van der Waals surface area (Å²) in [7, 11) is 0. The molecular weight excluding hydrogens is 214 g/mol. The molecule has 1 rings (SSSR count). The molecule has 0 fully saturated rings. The van der Waals surface area contributed by atoms with Crippen molar-refractivity contribution in [3.05, 3.63) is 28.2 Å². The maximum Gasteiger partial charge on any atom is 1.00 e. The Kier molecular flexibility index (Phi) is 6.21. The molecule has 10 heavy (non-hydrogen) atoms. The van der Waals surface area contributed by atoms with Gasteiger partial charge in [0.1, 0.15) is 0 Å². The summed E-state index contributed by atoms with van der Waals surface area (Å²) in [6.45, 7) is 0. The van der Waals surface area contributed by atoms with E-state index in [0.717, 1.165) is 0 Å². The molecule has 0 N–H and O–H groups in total. The van der Waals surface area contributed by atoms with Gasteiger partial charge in [-0.15, -0.1) is 4.90 Å². The van der Waals surface area contributed by atoms with Crippen LogP contribution in [0.5, 0.6) is 0 Å². The van der Waals surface area contributed by atoms with E-state index in [9.17, 15) is 0 Å². The van der Waals surface area contributed by atoms with E-state index in [2.05, 4.69) is 0 Å². The van der Waals surface area contributed by atoms with Crippen molar-refractivity contribution in [2.45, 2.75) is 4.90 Å². The van der Waals surface area contributed by atoms with Gasteiger partial charge >= 0.3 is 51.4 Å². The van der Waals surface area contributed by atoms with E-state index in [0.29, 0.717) is 14.9 Å². The Labute approximate surface area is 118 Å². The fourth-order valence-electron chi connectivity index (χ4n) is 0.483. The molecule has 1 aromatic rings. The average Bonchev–Trinajstić information content (AvgIpc) is 1.83. The molecule has 0 saturated heterocycles. The molecule has 0 saturated carbocycles. The van der Waals surface area contributed by atoms with Crippen molar-refractivity contribution in [2.24, 2.45) is 0 Å². The Morgan fingerprint density at radius 1 is 1.10 bits per heavy atom. The van der Waals surface area contributed by atoms with Crippen LogP contribution in [-0.2, 0) is 12.6 Å². The van der Waals surface area contributed by atoms with Crippen molar-refractivity contribution in [3.63, 3.8) is 0 Å². The third-order valence-electron chi connectivity index (χ3n) is 0.919. The van der Waals surface area contributed by atoms with Gasteiger partial charge in [-0.2, -0.15) is 0 Å². The van der Waals surface area contributed by atoms with Crippen LogP contribution in [0.3, 0.4) is 0 Å². The minimum atomic E-state index is 0. The predicted octanol–water partition coefficient (Wildman–Crippen LogP) is -0.0968. The number of benzene rings is 1. The quantitative estimate of drug-likeness (QED) is 0.432. The molecule has 0 amide bonds. The first-order valence-electron chi connectivity index (χ1n) is 2.33. The topological polar surface area (TPSA) is 0 Å². The minimum absolute atomic E-state index is 0. The van der Waals surface area contributed by atoms with E-state index < -0.39 is 0 Å². The summed E-state index contributed by atoms with van der Waals surface area (Å²) in [4.78, 5) is 0.529. The summed E-state index contributed by atoms with van der Waals surface area (Å²) >= 11 is 16.1. The smallest absolute Gasteiger partial charge is 0.777 e. The second kappa shape index (κ2) is 5.33. The van der Waals surface area contributed by atoms with Gasteiger partial charge in [0.25, 0.3) is 0 Å². The zero-order chi connectivity index (χ0) is 6.85. The molecule has 1 aromatic carbocycles. The predicted molar refractivity (Wildman–Crippen MR) is 42.1 cm³/mol. The van der Waals surface area contributed by atoms with Gasteiger partial charge in [0, 0.05) is 10.0 Å². The van der Waals surface area contributed by atoms with Crippen molar-refractivity contribution in [1.82, 2.24) is 0 Å². The zero-order valence-electron chi connectivity index (χ0n) is 5.40. The molecule has 0 aromatic heterocycles. The molecule has 0 atom stereocenters. The Morgan fingerprint density at radius 3 is 1.80 bits per heavy atom. The van der Waals surface area contributed by atoms with Gasteiger partial charge in [0.15, 0.2) is 0 Å². The van der Waals surface area contributed by atoms with E-state index in [1.54, 1.807) is 18.2 Å². The van der Waals surface area contributed by atoms with E-state index in [4.69, 9.17) is 35.8 Å². The molecule has 0 heterocycles. The largest absolute Gasteiger partial charge is 1.00 e. The first-order valence-corrected chi connectivity index (χ1v) is 3.49. The second-order valence-electron chi connectivity index (χ2n) is 1.55. The molecule has 4 heteroatoms. The second-order valence-corrected chi connectivity index (χ2v) is 2.77. The molecule has 0 spiro atoms. The summed E-state index contributed by atoms with van der Waals surface area (Å²) in [5.41, 5.74) is 0. The van der Waals surface area contributed by atoms with Crippen LogP contribution in [0, 0.1) is 0 Å². The van der Waals surface area contributed by atoms with Crippen LogP contribution >= 0.6 is 23.2 Å². The normalized spacial score (nSPS) is 8.60. The number of halogens is 2. The molecule has 0 aliphatic carbocycles. The van der Waals surface area contributed by atoms with Crippen molar-refractivity contribution < 1.29 is 51.4 Å². The van der Waals surface area contributed by atoms with Crippen molar-refractivity contribution in [1.29, 1.82) is 0 Å². The first kappa shape index (κ1) is 11.7. The van der Waals surface area contributed by atoms with Gasteiger partial charge in [-0.05, 0) is 12.1 Å². The first-order chi connectivity index (χ1) is 4.22. The monoisotopic (exact) mass is 216 g/mol. The van der Waals surface area contributed by atoms with Gasteiger partial charge in [-0.3, -0.25) is 0 Å². The van der Waals surface area contributed by atoms with Crippen LogP contribution in [0.1, 0.15) is 0 Å². The summed E-state index contributed by atoms with van der Waals surface area (Å²) < 4.78 is 0. The Morgan fingerprint density at radius 2 is 1.50 bits per heavy atom. The van der Waals surface area contributed by atoms with E-state index >= 15 is 0 Å². The van der Waals surface area contributed by atoms with Crippen LogP contribution in [0.2, 0.25) is 10.0 Å². The molecule has 0 nitrogen and oxygen atoms in total. The fraction of sp³-hybridized carbons (Fsp3) is 0. The number of hydrogen-bond acceptors (Lipinski definition) is 1. The molecule has 0 aliphatic rings. The van der Waals surface area contributed by atoms with Gasteiger partial charge in [0.2, 0.25) is 0 Å². The Hall–Kier alpha value is 1.66. The van der Waals surface area contributed by atoms with Crippen LogP contribution in [0.25, 0.3) is 0 Å². The van der Waals surface area contributed by atoms with E-state index in [1.165, 1.54) is 0 Å². The van der Waals surface area contributed by atoms with Crippen molar-refractivity contribution in [3.8, 4) is 0 Å². The molecule has 0 unspecified atom stereocenters. The summed E-state index contributed by atoms with van der Waals surface area (Å²) in [6.07, 6.45) is 0. The standard InChI is InChI=1S/C6H4Cl2S.K/c7-4-2-1-3-5(8)6(4)9;/h1-3,9H;/q;+1/p-1. The van der Waals surface area contributed by atoms with Gasteiger partial charge < -0.3 is 12.6 Å². The SMILES string of the molecule is [K+].[S-]c1c(Cl)cccc1Cl.